The zero-order chi connectivity index (χ0) is 44.4. The van der Waals surface area contributed by atoms with Gasteiger partial charge in [0.1, 0.15) is 13.2 Å². The molecule has 0 radical (unpaired) electrons. The van der Waals surface area contributed by atoms with E-state index in [0.717, 1.165) is 83.5 Å². The molecular weight excluding hydrogens is 757 g/mol. The second-order valence-corrected chi connectivity index (χ2v) is 17.5. The highest BCUT2D eigenvalue weighted by Crippen LogP contribution is 2.16. The number of esters is 3. The quantitative estimate of drug-likeness (QED) is 0.0263. The van der Waals surface area contributed by atoms with Gasteiger partial charge in [0.25, 0.3) is 0 Å². The fourth-order valence-electron chi connectivity index (χ4n) is 7.45. The Bertz CT molecular complexity index is 1070. The molecule has 0 rings (SSSR count). The molecule has 0 saturated carbocycles. The van der Waals surface area contributed by atoms with E-state index in [4.69, 9.17) is 14.2 Å². The van der Waals surface area contributed by atoms with Gasteiger partial charge in [0.2, 0.25) is 0 Å². The predicted molar refractivity (Wildman–Crippen MR) is 261 cm³/mol. The molecule has 0 spiro atoms. The van der Waals surface area contributed by atoms with E-state index >= 15 is 0 Å². The van der Waals surface area contributed by atoms with Crippen molar-refractivity contribution in [2.45, 2.75) is 271 Å². The summed E-state index contributed by atoms with van der Waals surface area (Å²) >= 11 is 0. The van der Waals surface area contributed by atoms with E-state index in [2.05, 4.69) is 69.4 Å². The topological polar surface area (TPSA) is 78.9 Å². The summed E-state index contributed by atoms with van der Waals surface area (Å²) in [6, 6.07) is 0. The van der Waals surface area contributed by atoms with Crippen molar-refractivity contribution in [1.82, 2.24) is 0 Å². The van der Waals surface area contributed by atoms with Gasteiger partial charge in [-0.25, -0.2) is 0 Å². The fraction of sp³-hybridized carbons (Fsp3) is 0.800. The lowest BCUT2D eigenvalue weighted by molar-refractivity contribution is -0.167. The first-order chi connectivity index (χ1) is 30.0. The SMILES string of the molecule is CCCCC\C=C/C=C\C=C/C=C\CCCCCCCC(=O)OCC(COC(=O)CCCCCCCCCCC)OC(=O)CCCCCCCCCCCCCCCCCC. The molecule has 0 N–H and O–H groups in total. The number of rotatable bonds is 47. The third-order valence-electron chi connectivity index (χ3n) is 11.4. The standard InChI is InChI=1S/C55H98O6/c1-4-7-10-13-16-19-21-23-25-27-28-30-31-33-36-39-42-45-48-54(57)60-51-52(50-59-53(56)47-44-41-38-35-18-15-12-9-6-3)61-55(58)49-46-43-40-37-34-32-29-26-24-22-20-17-14-11-8-5-2/h16,19,21,23,25,27-28,30,52H,4-15,17-18,20,22,24,26,29,31-51H2,1-3H3/b19-16-,23-21-,27-25-,30-28-. The minimum absolute atomic E-state index is 0.0777. The zero-order valence-corrected chi connectivity index (χ0v) is 40.4. The Morgan fingerprint density at radius 2 is 0.590 bits per heavy atom. The number of ether oxygens (including phenoxy) is 3. The number of hydrogen-bond donors (Lipinski definition) is 0. The van der Waals surface area contributed by atoms with E-state index in [9.17, 15) is 14.4 Å². The molecule has 6 heteroatoms. The van der Waals surface area contributed by atoms with Crippen LogP contribution in [0.25, 0.3) is 0 Å². The van der Waals surface area contributed by atoms with E-state index in [1.807, 2.05) is 0 Å². The van der Waals surface area contributed by atoms with Gasteiger partial charge in [-0.15, -0.1) is 0 Å². The fourth-order valence-corrected chi connectivity index (χ4v) is 7.45. The molecule has 0 fully saturated rings. The van der Waals surface area contributed by atoms with Gasteiger partial charge < -0.3 is 14.2 Å². The number of hydrogen-bond acceptors (Lipinski definition) is 6. The molecule has 354 valence electrons. The number of carbonyl (C=O) groups excluding carboxylic acids is 3. The van der Waals surface area contributed by atoms with Crippen LogP contribution in [0.2, 0.25) is 0 Å². The molecule has 0 aromatic carbocycles. The van der Waals surface area contributed by atoms with Gasteiger partial charge in [0.05, 0.1) is 0 Å². The molecule has 0 bridgehead atoms. The summed E-state index contributed by atoms with van der Waals surface area (Å²) in [5.41, 5.74) is 0. The molecule has 6 nitrogen and oxygen atoms in total. The Labute approximate surface area is 378 Å². The third kappa shape index (κ3) is 48.3. The van der Waals surface area contributed by atoms with Gasteiger partial charge in [-0.05, 0) is 44.9 Å². The van der Waals surface area contributed by atoms with Crippen molar-refractivity contribution in [3.05, 3.63) is 48.6 Å². The van der Waals surface area contributed by atoms with Gasteiger partial charge in [-0.3, -0.25) is 14.4 Å². The second kappa shape index (κ2) is 50.0. The molecular formula is C55H98O6. The highest BCUT2D eigenvalue weighted by molar-refractivity contribution is 5.71. The molecule has 0 aliphatic heterocycles. The maximum absolute atomic E-state index is 12.8. The van der Waals surface area contributed by atoms with Gasteiger partial charge in [0.15, 0.2) is 6.10 Å². The van der Waals surface area contributed by atoms with Crippen LogP contribution in [0.1, 0.15) is 265 Å². The molecule has 0 aromatic rings. The average molecular weight is 855 g/mol. The smallest absolute Gasteiger partial charge is 0.306 e. The van der Waals surface area contributed by atoms with Crippen LogP contribution in [0.4, 0.5) is 0 Å². The maximum Gasteiger partial charge on any atom is 0.306 e. The third-order valence-corrected chi connectivity index (χ3v) is 11.4. The van der Waals surface area contributed by atoms with Crippen LogP contribution in [0.15, 0.2) is 48.6 Å². The summed E-state index contributed by atoms with van der Waals surface area (Å²) in [5, 5.41) is 0. The number of carbonyl (C=O) groups is 3. The van der Waals surface area contributed by atoms with Crippen LogP contribution in [-0.4, -0.2) is 37.2 Å². The lowest BCUT2D eigenvalue weighted by atomic mass is 10.0. The molecule has 0 aliphatic carbocycles. The van der Waals surface area contributed by atoms with Crippen molar-refractivity contribution in [2.75, 3.05) is 13.2 Å². The van der Waals surface area contributed by atoms with Crippen LogP contribution in [0, 0.1) is 0 Å². The van der Waals surface area contributed by atoms with Crippen LogP contribution in [-0.2, 0) is 28.6 Å². The van der Waals surface area contributed by atoms with Crippen molar-refractivity contribution in [3.63, 3.8) is 0 Å². The summed E-state index contributed by atoms with van der Waals surface area (Å²) in [7, 11) is 0. The molecule has 1 unspecified atom stereocenters. The molecule has 61 heavy (non-hydrogen) atoms. The van der Waals surface area contributed by atoms with E-state index in [0.29, 0.717) is 19.3 Å². The zero-order valence-electron chi connectivity index (χ0n) is 40.4. The summed E-state index contributed by atoms with van der Waals surface area (Å²) < 4.78 is 16.8. The van der Waals surface area contributed by atoms with Gasteiger partial charge >= 0.3 is 17.9 Å². The van der Waals surface area contributed by atoms with E-state index < -0.39 is 6.10 Å². The van der Waals surface area contributed by atoms with Gasteiger partial charge in [-0.2, -0.15) is 0 Å². The number of unbranched alkanes of at least 4 members (excludes halogenated alkanes) is 31. The highest BCUT2D eigenvalue weighted by Gasteiger charge is 2.19. The molecule has 0 heterocycles. The Hall–Kier alpha value is -2.63. The molecule has 1 atom stereocenters. The molecule has 0 amide bonds. The van der Waals surface area contributed by atoms with Crippen molar-refractivity contribution >= 4 is 17.9 Å². The Kier molecular flexibility index (Phi) is 47.9. The second-order valence-electron chi connectivity index (χ2n) is 17.5. The lowest BCUT2D eigenvalue weighted by Crippen LogP contribution is -2.30. The summed E-state index contributed by atoms with van der Waals surface area (Å²) in [6.07, 6.45) is 59.5. The molecule has 0 saturated heterocycles. The van der Waals surface area contributed by atoms with Gasteiger partial charge in [-0.1, -0.05) is 249 Å². The first-order valence-corrected chi connectivity index (χ1v) is 26.2. The Morgan fingerprint density at radius 3 is 0.951 bits per heavy atom. The van der Waals surface area contributed by atoms with Crippen LogP contribution >= 0.6 is 0 Å². The van der Waals surface area contributed by atoms with Crippen molar-refractivity contribution in [3.8, 4) is 0 Å². The summed E-state index contributed by atoms with van der Waals surface area (Å²) in [4.78, 5) is 37.9. The largest absolute Gasteiger partial charge is 0.462 e. The maximum atomic E-state index is 12.8. The monoisotopic (exact) mass is 855 g/mol. The highest BCUT2D eigenvalue weighted by atomic mass is 16.6. The van der Waals surface area contributed by atoms with E-state index in [-0.39, 0.29) is 31.1 Å². The van der Waals surface area contributed by atoms with Crippen LogP contribution in [0.5, 0.6) is 0 Å². The molecule has 0 aromatic heterocycles. The minimum atomic E-state index is -0.777. The first-order valence-electron chi connectivity index (χ1n) is 26.2. The lowest BCUT2D eigenvalue weighted by Gasteiger charge is -2.18. The van der Waals surface area contributed by atoms with E-state index in [1.165, 1.54) is 141 Å². The van der Waals surface area contributed by atoms with E-state index in [1.54, 1.807) is 0 Å². The Morgan fingerprint density at radius 1 is 0.328 bits per heavy atom. The Balaban J connectivity index is 4.35. The minimum Gasteiger partial charge on any atom is -0.462 e. The number of allylic oxidation sites excluding steroid dienone is 8. The normalized spacial score (nSPS) is 12.4. The van der Waals surface area contributed by atoms with Crippen molar-refractivity contribution < 1.29 is 28.6 Å². The first kappa shape index (κ1) is 58.4. The van der Waals surface area contributed by atoms with Crippen molar-refractivity contribution in [2.24, 2.45) is 0 Å². The van der Waals surface area contributed by atoms with Crippen molar-refractivity contribution in [1.29, 1.82) is 0 Å². The van der Waals surface area contributed by atoms with Crippen LogP contribution < -0.4 is 0 Å². The predicted octanol–water partition coefficient (Wildman–Crippen LogP) is 17.1. The average Bonchev–Trinajstić information content (AvgIpc) is 3.26. The van der Waals surface area contributed by atoms with Gasteiger partial charge in [0, 0.05) is 19.3 Å². The van der Waals surface area contributed by atoms with Crippen LogP contribution in [0.3, 0.4) is 0 Å². The molecule has 0 aliphatic rings. The summed E-state index contributed by atoms with van der Waals surface area (Å²) in [6.45, 7) is 6.58. The summed E-state index contributed by atoms with van der Waals surface area (Å²) in [5.74, 6) is -0.894.